The van der Waals surface area contributed by atoms with E-state index in [-0.39, 0.29) is 0 Å². The predicted molar refractivity (Wildman–Crippen MR) is 102 cm³/mol. The molecule has 3 heteroatoms. The first-order valence-corrected chi connectivity index (χ1v) is 9.49. The molecular weight excluding hydrogens is 308 g/mol. The lowest BCUT2D eigenvalue weighted by Gasteiger charge is -2.40. The van der Waals surface area contributed by atoms with E-state index in [2.05, 4.69) is 58.7 Å². The van der Waals surface area contributed by atoms with Gasteiger partial charge in [-0.2, -0.15) is 0 Å². The van der Waals surface area contributed by atoms with Gasteiger partial charge in [0.2, 0.25) is 0 Å². The highest BCUT2D eigenvalue weighted by molar-refractivity contribution is 5.39. The van der Waals surface area contributed by atoms with Crippen molar-refractivity contribution in [1.29, 1.82) is 0 Å². The van der Waals surface area contributed by atoms with Gasteiger partial charge < -0.3 is 10.1 Å². The summed E-state index contributed by atoms with van der Waals surface area (Å²) in [5, 5.41) is 3.49. The monoisotopic (exact) mass is 336 g/mol. The first kappa shape index (κ1) is 16.6. The number of rotatable bonds is 4. The maximum Gasteiger partial charge on any atom is 0.119 e. The van der Waals surface area contributed by atoms with Gasteiger partial charge >= 0.3 is 0 Å². The fourth-order valence-electron chi connectivity index (χ4n) is 4.33. The van der Waals surface area contributed by atoms with Crippen LogP contribution in [-0.4, -0.2) is 31.6 Å². The van der Waals surface area contributed by atoms with Crippen LogP contribution in [0, 0.1) is 5.92 Å². The molecule has 2 aliphatic heterocycles. The van der Waals surface area contributed by atoms with Gasteiger partial charge in [0.15, 0.2) is 0 Å². The van der Waals surface area contributed by atoms with Gasteiger partial charge in [-0.05, 0) is 67.1 Å². The molecule has 2 heterocycles. The lowest BCUT2D eigenvalue weighted by molar-refractivity contribution is 0.131. The van der Waals surface area contributed by atoms with Gasteiger partial charge in [0.05, 0.1) is 7.11 Å². The smallest absolute Gasteiger partial charge is 0.119 e. The van der Waals surface area contributed by atoms with Crippen LogP contribution < -0.4 is 10.1 Å². The fourth-order valence-corrected chi connectivity index (χ4v) is 4.33. The summed E-state index contributed by atoms with van der Waals surface area (Å²) in [5.41, 5.74) is 4.34. The molecule has 2 aromatic carbocycles. The van der Waals surface area contributed by atoms with Crippen LogP contribution in [0.3, 0.4) is 0 Å². The Balaban J connectivity index is 1.61. The minimum absolute atomic E-state index is 0.483. The van der Waals surface area contributed by atoms with Crippen LogP contribution in [0.5, 0.6) is 5.75 Å². The summed E-state index contributed by atoms with van der Waals surface area (Å²) in [4.78, 5) is 2.70. The largest absolute Gasteiger partial charge is 0.497 e. The molecule has 0 spiro atoms. The maximum atomic E-state index is 5.45. The van der Waals surface area contributed by atoms with Gasteiger partial charge in [-0.1, -0.05) is 36.4 Å². The first-order chi connectivity index (χ1) is 12.3. The number of piperidine rings is 1. The molecule has 3 nitrogen and oxygen atoms in total. The van der Waals surface area contributed by atoms with Crippen LogP contribution in [0.2, 0.25) is 0 Å². The zero-order chi connectivity index (χ0) is 17.1. The van der Waals surface area contributed by atoms with Crippen molar-refractivity contribution >= 4 is 0 Å². The first-order valence-electron chi connectivity index (χ1n) is 9.49. The number of nitrogens with one attached hydrogen (secondary N) is 1. The highest BCUT2D eigenvalue weighted by Crippen LogP contribution is 2.35. The Morgan fingerprint density at radius 1 is 1.04 bits per heavy atom. The SMILES string of the molecule is COc1ccc2c(c1)CN(CC1CCNCC1)C(c1ccccc1)C2. The van der Waals surface area contributed by atoms with E-state index in [1.54, 1.807) is 7.11 Å². The molecule has 1 unspecified atom stereocenters. The molecule has 0 aliphatic carbocycles. The van der Waals surface area contributed by atoms with Crippen molar-refractivity contribution in [3.63, 3.8) is 0 Å². The highest BCUT2D eigenvalue weighted by Gasteiger charge is 2.29. The van der Waals surface area contributed by atoms with Gasteiger partial charge in [0, 0.05) is 19.1 Å². The molecule has 1 N–H and O–H groups in total. The number of hydrogen-bond acceptors (Lipinski definition) is 3. The standard InChI is InChI=1S/C22H28N2O/c1-25-21-8-7-19-14-22(18-5-3-2-4-6-18)24(16-20(19)13-21)15-17-9-11-23-12-10-17/h2-8,13,17,22-23H,9-12,14-16H2,1H3. The zero-order valence-electron chi connectivity index (χ0n) is 15.1. The fraction of sp³-hybridized carbons (Fsp3) is 0.455. The Hall–Kier alpha value is -1.84. The molecule has 0 aromatic heterocycles. The van der Waals surface area contributed by atoms with Crippen LogP contribution in [0.15, 0.2) is 48.5 Å². The molecular formula is C22H28N2O. The van der Waals surface area contributed by atoms with Crippen molar-refractivity contribution in [2.24, 2.45) is 5.92 Å². The van der Waals surface area contributed by atoms with Gasteiger partial charge in [-0.15, -0.1) is 0 Å². The van der Waals surface area contributed by atoms with E-state index < -0.39 is 0 Å². The molecule has 0 radical (unpaired) electrons. The minimum atomic E-state index is 0.483. The van der Waals surface area contributed by atoms with Gasteiger partial charge in [0.25, 0.3) is 0 Å². The Bertz CT molecular complexity index is 694. The number of ether oxygens (including phenoxy) is 1. The lowest BCUT2D eigenvalue weighted by atomic mass is 9.87. The third kappa shape index (κ3) is 3.73. The lowest BCUT2D eigenvalue weighted by Crippen LogP contribution is -2.40. The summed E-state index contributed by atoms with van der Waals surface area (Å²) in [6, 6.07) is 18.1. The van der Waals surface area contributed by atoms with E-state index in [0.717, 1.165) is 24.6 Å². The highest BCUT2D eigenvalue weighted by atomic mass is 16.5. The van der Waals surface area contributed by atoms with Gasteiger partial charge in [0.1, 0.15) is 5.75 Å². The summed E-state index contributed by atoms with van der Waals surface area (Å²) in [5.74, 6) is 1.78. The molecule has 132 valence electrons. The van der Waals surface area contributed by atoms with Crippen molar-refractivity contribution in [2.45, 2.75) is 31.8 Å². The number of nitrogens with zero attached hydrogens (tertiary/aromatic N) is 1. The Morgan fingerprint density at radius 2 is 1.84 bits per heavy atom. The van der Waals surface area contributed by atoms with Crippen molar-refractivity contribution < 1.29 is 4.74 Å². The summed E-state index contributed by atoms with van der Waals surface area (Å²) in [6.07, 6.45) is 3.68. The van der Waals surface area contributed by atoms with E-state index in [9.17, 15) is 0 Å². The van der Waals surface area contributed by atoms with Crippen molar-refractivity contribution in [3.8, 4) is 5.75 Å². The summed E-state index contributed by atoms with van der Waals surface area (Å²) in [6.45, 7) is 4.55. The van der Waals surface area contributed by atoms with E-state index in [1.165, 1.54) is 49.2 Å². The maximum absolute atomic E-state index is 5.45. The number of hydrogen-bond donors (Lipinski definition) is 1. The van der Waals surface area contributed by atoms with Crippen LogP contribution in [0.1, 0.15) is 35.6 Å². The summed E-state index contributed by atoms with van der Waals surface area (Å²) in [7, 11) is 1.75. The van der Waals surface area contributed by atoms with Gasteiger partial charge in [-0.3, -0.25) is 4.90 Å². The van der Waals surface area contributed by atoms with Crippen molar-refractivity contribution in [2.75, 3.05) is 26.7 Å². The van der Waals surface area contributed by atoms with Crippen LogP contribution >= 0.6 is 0 Å². The van der Waals surface area contributed by atoms with Crippen molar-refractivity contribution in [3.05, 3.63) is 65.2 Å². The molecule has 1 saturated heterocycles. The molecule has 1 fully saturated rings. The van der Waals surface area contributed by atoms with Crippen LogP contribution in [-0.2, 0) is 13.0 Å². The normalized spacial score (nSPS) is 21.7. The third-order valence-corrected chi connectivity index (χ3v) is 5.78. The predicted octanol–water partition coefficient (Wildman–Crippen LogP) is 3.79. The second kappa shape index (κ2) is 7.59. The molecule has 25 heavy (non-hydrogen) atoms. The molecule has 0 bridgehead atoms. The van der Waals surface area contributed by atoms with Crippen LogP contribution in [0.25, 0.3) is 0 Å². The second-order valence-corrected chi connectivity index (χ2v) is 7.39. The quantitative estimate of drug-likeness (QED) is 0.919. The summed E-state index contributed by atoms with van der Waals surface area (Å²) < 4.78 is 5.45. The van der Waals surface area contributed by atoms with E-state index in [4.69, 9.17) is 4.74 Å². The third-order valence-electron chi connectivity index (χ3n) is 5.78. The van der Waals surface area contributed by atoms with Crippen molar-refractivity contribution in [1.82, 2.24) is 10.2 Å². The molecule has 2 aliphatic rings. The number of methoxy groups -OCH3 is 1. The van der Waals surface area contributed by atoms with E-state index in [1.807, 2.05) is 0 Å². The topological polar surface area (TPSA) is 24.5 Å². The average Bonchev–Trinajstić information content (AvgIpc) is 2.68. The molecule has 1 atom stereocenters. The van der Waals surface area contributed by atoms with Gasteiger partial charge in [-0.25, -0.2) is 0 Å². The Labute approximate surface area is 151 Å². The second-order valence-electron chi connectivity index (χ2n) is 7.39. The average molecular weight is 336 g/mol. The Kier molecular flexibility index (Phi) is 5.04. The molecule has 0 amide bonds. The number of benzene rings is 2. The zero-order valence-corrected chi connectivity index (χ0v) is 15.1. The summed E-state index contributed by atoms with van der Waals surface area (Å²) >= 11 is 0. The Morgan fingerprint density at radius 3 is 2.60 bits per heavy atom. The number of fused-ring (bicyclic) bond motifs is 1. The van der Waals surface area contributed by atoms with Crippen LogP contribution in [0.4, 0.5) is 0 Å². The van der Waals surface area contributed by atoms with E-state index >= 15 is 0 Å². The molecule has 2 aromatic rings. The van der Waals surface area contributed by atoms with E-state index in [0.29, 0.717) is 6.04 Å². The molecule has 0 saturated carbocycles. The minimum Gasteiger partial charge on any atom is -0.497 e. The molecule has 4 rings (SSSR count).